The zero-order valence-corrected chi connectivity index (χ0v) is 17.2. The van der Waals surface area contributed by atoms with Crippen molar-refractivity contribution in [2.24, 2.45) is 11.8 Å². The third kappa shape index (κ3) is 3.27. The van der Waals surface area contributed by atoms with Gasteiger partial charge in [-0.2, -0.15) is 0 Å². The van der Waals surface area contributed by atoms with Crippen molar-refractivity contribution in [3.63, 3.8) is 0 Å². The number of carbonyl (C=O) groups is 3. The number of phenols is 1. The number of nitrogens with one attached hydrogen (secondary N) is 1. The molecule has 0 aromatic heterocycles. The summed E-state index contributed by atoms with van der Waals surface area (Å²) in [7, 11) is 1.37. The monoisotopic (exact) mass is 426 g/mol. The molecule has 2 aliphatic rings. The number of carbonyl (C=O) groups excluding carboxylic acids is 3. The van der Waals surface area contributed by atoms with Gasteiger partial charge in [-0.1, -0.05) is 30.3 Å². The maximum Gasteiger partial charge on any atom is 0.327 e. The van der Waals surface area contributed by atoms with Crippen molar-refractivity contribution in [3.8, 4) is 5.75 Å². The SMILES string of the molecule is CCOC(=O)[C@]1(Cc2ccc(O)cc2)N[C@H](c2ccccc2F)[C@H]2C(=O)N(C)C(=O)[C@H]21. The number of hydrogen-bond donors (Lipinski definition) is 2. The second kappa shape index (κ2) is 7.77. The minimum Gasteiger partial charge on any atom is -0.508 e. The molecule has 2 saturated heterocycles. The number of fused-ring (bicyclic) bond motifs is 1. The minimum atomic E-state index is -1.57. The second-order valence-electron chi connectivity index (χ2n) is 7.92. The van der Waals surface area contributed by atoms with Gasteiger partial charge in [-0.25, -0.2) is 4.39 Å². The fourth-order valence-corrected chi connectivity index (χ4v) is 4.76. The highest BCUT2D eigenvalue weighted by Crippen LogP contribution is 2.50. The van der Waals surface area contributed by atoms with Crippen molar-refractivity contribution in [2.45, 2.75) is 24.9 Å². The standard InChI is InChI=1S/C23H23FN2O5/c1-3-31-22(30)23(12-13-8-10-14(27)11-9-13)18-17(20(28)26(2)21(18)29)19(25-23)15-6-4-5-7-16(15)24/h4-11,17-19,25,27H,3,12H2,1-2H3/t17-,18-,19+,23+/m0/s1. The van der Waals surface area contributed by atoms with E-state index in [4.69, 9.17) is 4.74 Å². The Bertz CT molecular complexity index is 1040. The van der Waals surface area contributed by atoms with Gasteiger partial charge >= 0.3 is 5.97 Å². The van der Waals surface area contributed by atoms with E-state index in [1.807, 2.05) is 0 Å². The summed E-state index contributed by atoms with van der Waals surface area (Å²) < 4.78 is 20.0. The van der Waals surface area contributed by atoms with E-state index in [1.54, 1.807) is 31.2 Å². The van der Waals surface area contributed by atoms with Crippen LogP contribution in [0.5, 0.6) is 5.75 Å². The van der Waals surface area contributed by atoms with Crippen molar-refractivity contribution < 1.29 is 28.6 Å². The van der Waals surface area contributed by atoms with E-state index in [0.717, 1.165) is 4.90 Å². The van der Waals surface area contributed by atoms with E-state index in [9.17, 15) is 23.9 Å². The van der Waals surface area contributed by atoms with Gasteiger partial charge in [-0.3, -0.25) is 24.6 Å². The fourth-order valence-electron chi connectivity index (χ4n) is 4.76. The van der Waals surface area contributed by atoms with Gasteiger partial charge in [-0.15, -0.1) is 0 Å². The number of likely N-dealkylation sites (tertiary alicyclic amines) is 1. The molecule has 2 amide bonds. The van der Waals surface area contributed by atoms with Crippen LogP contribution in [0.4, 0.5) is 4.39 Å². The molecule has 7 nitrogen and oxygen atoms in total. The van der Waals surface area contributed by atoms with E-state index < -0.39 is 47.0 Å². The average Bonchev–Trinajstić information content (AvgIpc) is 3.20. The minimum absolute atomic E-state index is 0.0328. The number of benzene rings is 2. The second-order valence-corrected chi connectivity index (χ2v) is 7.92. The smallest absolute Gasteiger partial charge is 0.327 e. The number of rotatable bonds is 5. The number of hydrogen-bond acceptors (Lipinski definition) is 6. The van der Waals surface area contributed by atoms with E-state index in [1.165, 1.54) is 31.3 Å². The Morgan fingerprint density at radius 1 is 1.16 bits per heavy atom. The number of phenolic OH excluding ortho intramolecular Hbond substituents is 1. The average molecular weight is 426 g/mol. The molecule has 4 rings (SSSR count). The summed E-state index contributed by atoms with van der Waals surface area (Å²) >= 11 is 0. The highest BCUT2D eigenvalue weighted by atomic mass is 19.1. The first kappa shape index (κ1) is 21.0. The van der Waals surface area contributed by atoms with Crippen LogP contribution >= 0.6 is 0 Å². The number of esters is 1. The molecule has 2 fully saturated rings. The van der Waals surface area contributed by atoms with Crippen LogP contribution in [0.1, 0.15) is 24.1 Å². The molecule has 31 heavy (non-hydrogen) atoms. The van der Waals surface area contributed by atoms with Gasteiger partial charge in [0.15, 0.2) is 0 Å². The molecule has 0 bridgehead atoms. The predicted molar refractivity (Wildman–Crippen MR) is 108 cm³/mol. The lowest BCUT2D eigenvalue weighted by molar-refractivity contribution is -0.156. The van der Waals surface area contributed by atoms with Crippen LogP contribution in [0.2, 0.25) is 0 Å². The Hall–Kier alpha value is -3.26. The number of amides is 2. The summed E-state index contributed by atoms with van der Waals surface area (Å²) in [5.74, 6) is -4.12. The van der Waals surface area contributed by atoms with Gasteiger partial charge in [0.25, 0.3) is 0 Å². The molecule has 2 N–H and O–H groups in total. The highest BCUT2D eigenvalue weighted by molar-refractivity contribution is 6.09. The molecular formula is C23H23FN2O5. The topological polar surface area (TPSA) is 95.9 Å². The Kier molecular flexibility index (Phi) is 5.26. The van der Waals surface area contributed by atoms with Crippen LogP contribution < -0.4 is 5.32 Å². The van der Waals surface area contributed by atoms with Gasteiger partial charge < -0.3 is 9.84 Å². The van der Waals surface area contributed by atoms with Crippen LogP contribution in [-0.2, 0) is 25.5 Å². The molecule has 0 aliphatic carbocycles. The summed E-state index contributed by atoms with van der Waals surface area (Å²) in [6, 6.07) is 11.3. The lowest BCUT2D eigenvalue weighted by Crippen LogP contribution is -2.57. The van der Waals surface area contributed by atoms with Crippen molar-refractivity contribution in [2.75, 3.05) is 13.7 Å². The molecule has 162 valence electrons. The van der Waals surface area contributed by atoms with Gasteiger partial charge in [0.1, 0.15) is 17.1 Å². The Labute approximate surface area is 178 Å². The third-order valence-corrected chi connectivity index (χ3v) is 6.17. The summed E-state index contributed by atoms with van der Waals surface area (Å²) in [5, 5.41) is 12.8. The summed E-state index contributed by atoms with van der Waals surface area (Å²) in [5.41, 5.74) is -0.700. The molecule has 4 atom stereocenters. The maximum atomic E-state index is 14.7. The van der Waals surface area contributed by atoms with Crippen LogP contribution in [0.3, 0.4) is 0 Å². The normalized spacial score (nSPS) is 27.5. The van der Waals surface area contributed by atoms with Gasteiger partial charge in [0.05, 0.1) is 18.4 Å². The van der Waals surface area contributed by atoms with Crippen molar-refractivity contribution in [1.82, 2.24) is 10.2 Å². The lowest BCUT2D eigenvalue weighted by Gasteiger charge is -2.32. The first-order valence-corrected chi connectivity index (χ1v) is 10.1. The maximum absolute atomic E-state index is 14.7. The zero-order chi connectivity index (χ0) is 22.3. The predicted octanol–water partition coefficient (Wildman–Crippen LogP) is 1.95. The zero-order valence-electron chi connectivity index (χ0n) is 17.2. The molecule has 0 unspecified atom stereocenters. The van der Waals surface area contributed by atoms with Crippen molar-refractivity contribution >= 4 is 17.8 Å². The first-order valence-electron chi connectivity index (χ1n) is 10.1. The fraction of sp³-hybridized carbons (Fsp3) is 0.348. The van der Waals surface area contributed by atoms with Crippen molar-refractivity contribution in [1.29, 1.82) is 0 Å². The summed E-state index contributed by atoms with van der Waals surface area (Å²) in [6.07, 6.45) is 0.0328. The molecule has 0 radical (unpaired) electrons. The number of nitrogens with zero attached hydrogens (tertiary/aromatic N) is 1. The molecule has 2 heterocycles. The summed E-state index contributed by atoms with van der Waals surface area (Å²) in [4.78, 5) is 40.5. The molecule has 2 aromatic rings. The summed E-state index contributed by atoms with van der Waals surface area (Å²) in [6.45, 7) is 1.73. The Morgan fingerprint density at radius 2 is 1.84 bits per heavy atom. The van der Waals surface area contributed by atoms with Gasteiger partial charge in [0.2, 0.25) is 11.8 Å². The number of halogens is 1. The Balaban J connectivity index is 1.87. The molecule has 2 aliphatic heterocycles. The largest absolute Gasteiger partial charge is 0.508 e. The quantitative estimate of drug-likeness (QED) is 0.561. The van der Waals surface area contributed by atoms with Gasteiger partial charge in [0, 0.05) is 25.1 Å². The highest BCUT2D eigenvalue weighted by Gasteiger charge is 2.68. The molecular weight excluding hydrogens is 403 g/mol. The molecule has 2 aromatic carbocycles. The van der Waals surface area contributed by atoms with Crippen LogP contribution in [0, 0.1) is 17.7 Å². The van der Waals surface area contributed by atoms with E-state index in [-0.39, 0.29) is 24.3 Å². The van der Waals surface area contributed by atoms with Crippen LogP contribution in [-0.4, -0.2) is 47.0 Å². The third-order valence-electron chi connectivity index (χ3n) is 6.17. The number of ether oxygens (including phenoxy) is 1. The number of imide groups is 1. The van der Waals surface area contributed by atoms with Gasteiger partial charge in [-0.05, 0) is 30.7 Å². The van der Waals surface area contributed by atoms with Crippen LogP contribution in [0.25, 0.3) is 0 Å². The first-order chi connectivity index (χ1) is 14.8. The van der Waals surface area contributed by atoms with Crippen molar-refractivity contribution in [3.05, 3.63) is 65.5 Å². The Morgan fingerprint density at radius 3 is 2.48 bits per heavy atom. The molecule has 0 saturated carbocycles. The molecule has 8 heteroatoms. The molecule has 0 spiro atoms. The van der Waals surface area contributed by atoms with E-state index in [0.29, 0.717) is 5.56 Å². The van der Waals surface area contributed by atoms with Crippen LogP contribution in [0.15, 0.2) is 48.5 Å². The van der Waals surface area contributed by atoms with E-state index >= 15 is 0 Å². The number of aromatic hydroxyl groups is 1. The van der Waals surface area contributed by atoms with E-state index in [2.05, 4.69) is 5.32 Å². The lowest BCUT2D eigenvalue weighted by atomic mass is 9.76.